The zero-order valence-corrected chi connectivity index (χ0v) is 13.8. The van der Waals surface area contributed by atoms with Gasteiger partial charge in [0.15, 0.2) is 0 Å². The molecule has 1 saturated heterocycles. The highest BCUT2D eigenvalue weighted by molar-refractivity contribution is 6.31. The molecule has 0 aromatic carbocycles. The maximum Gasteiger partial charge on any atom is 0.128 e. The highest BCUT2D eigenvalue weighted by Crippen LogP contribution is 2.46. The largest absolute Gasteiger partial charge is 0.357 e. The topological polar surface area (TPSA) is 28.2 Å². The van der Waals surface area contributed by atoms with Crippen LogP contribution in [0.4, 0.5) is 5.82 Å². The van der Waals surface area contributed by atoms with Crippen LogP contribution in [0.1, 0.15) is 51.1 Å². The third-order valence-electron chi connectivity index (χ3n) is 5.26. The van der Waals surface area contributed by atoms with Crippen LogP contribution in [0, 0.1) is 5.41 Å². The molecule has 1 saturated carbocycles. The van der Waals surface area contributed by atoms with Crippen molar-refractivity contribution in [2.75, 3.05) is 24.5 Å². The van der Waals surface area contributed by atoms with Crippen molar-refractivity contribution in [3.05, 3.63) is 22.8 Å². The first kappa shape index (κ1) is 15.1. The molecule has 1 aromatic heterocycles. The smallest absolute Gasteiger partial charge is 0.128 e. The number of hydrogen-bond acceptors (Lipinski definition) is 3. The first-order valence-electron chi connectivity index (χ1n) is 8.33. The van der Waals surface area contributed by atoms with Crippen molar-refractivity contribution in [1.29, 1.82) is 0 Å². The van der Waals surface area contributed by atoms with Gasteiger partial charge in [-0.25, -0.2) is 4.98 Å². The number of nitrogens with zero attached hydrogens (tertiary/aromatic N) is 2. The van der Waals surface area contributed by atoms with Crippen LogP contribution >= 0.6 is 11.6 Å². The van der Waals surface area contributed by atoms with Crippen molar-refractivity contribution in [1.82, 2.24) is 10.3 Å². The lowest BCUT2D eigenvalue weighted by Crippen LogP contribution is -2.39. The van der Waals surface area contributed by atoms with Crippen LogP contribution in [0.15, 0.2) is 12.1 Å². The molecule has 1 aliphatic carbocycles. The lowest BCUT2D eigenvalue weighted by Gasteiger charge is -2.40. The van der Waals surface area contributed by atoms with Crippen molar-refractivity contribution in [3.8, 4) is 0 Å². The van der Waals surface area contributed by atoms with E-state index in [0.29, 0.717) is 5.41 Å². The Morgan fingerprint density at radius 3 is 2.57 bits per heavy atom. The minimum Gasteiger partial charge on any atom is -0.357 e. The van der Waals surface area contributed by atoms with Gasteiger partial charge in [0, 0.05) is 19.6 Å². The van der Waals surface area contributed by atoms with Crippen LogP contribution in [-0.4, -0.2) is 24.6 Å². The van der Waals surface area contributed by atoms with E-state index < -0.39 is 0 Å². The zero-order valence-electron chi connectivity index (χ0n) is 13.0. The van der Waals surface area contributed by atoms with Gasteiger partial charge in [0.05, 0.1) is 10.7 Å². The molecule has 2 aliphatic rings. The number of anilines is 1. The fourth-order valence-electron chi connectivity index (χ4n) is 3.85. The van der Waals surface area contributed by atoms with Crippen LogP contribution in [-0.2, 0) is 6.54 Å². The van der Waals surface area contributed by atoms with E-state index in [1.807, 2.05) is 6.07 Å². The molecule has 116 valence electrons. The predicted molar refractivity (Wildman–Crippen MR) is 89.0 cm³/mol. The Labute approximate surface area is 133 Å². The molecular formula is C17H26ClN3. The molecule has 0 atom stereocenters. The van der Waals surface area contributed by atoms with Gasteiger partial charge in [-0.3, -0.25) is 0 Å². The summed E-state index contributed by atoms with van der Waals surface area (Å²) in [6.45, 7) is 6.09. The number of pyridine rings is 1. The van der Waals surface area contributed by atoms with Crippen LogP contribution in [0.25, 0.3) is 0 Å². The molecule has 1 aliphatic heterocycles. The van der Waals surface area contributed by atoms with Gasteiger partial charge in [-0.1, -0.05) is 31.4 Å². The van der Waals surface area contributed by atoms with Crippen molar-refractivity contribution in [2.45, 2.75) is 52.0 Å². The molecule has 1 aromatic rings. The van der Waals surface area contributed by atoms with Gasteiger partial charge >= 0.3 is 0 Å². The molecule has 0 radical (unpaired) electrons. The highest BCUT2D eigenvalue weighted by atomic mass is 35.5. The summed E-state index contributed by atoms with van der Waals surface area (Å²) >= 11 is 6.25. The Hall–Kier alpha value is -0.800. The van der Waals surface area contributed by atoms with E-state index in [0.717, 1.165) is 42.7 Å². The average Bonchev–Trinajstić information content (AvgIpc) is 2.96. The fourth-order valence-corrected chi connectivity index (χ4v) is 4.02. The summed E-state index contributed by atoms with van der Waals surface area (Å²) < 4.78 is 0. The highest BCUT2D eigenvalue weighted by Gasteiger charge is 2.37. The lowest BCUT2D eigenvalue weighted by molar-refractivity contribution is 0.226. The molecule has 3 rings (SSSR count). The van der Waals surface area contributed by atoms with E-state index in [2.05, 4.69) is 23.2 Å². The molecule has 21 heavy (non-hydrogen) atoms. The lowest BCUT2D eigenvalue weighted by atomic mass is 9.77. The Bertz CT molecular complexity index is 473. The third-order valence-corrected chi connectivity index (χ3v) is 5.60. The number of piperidine rings is 1. The number of nitrogens with one attached hydrogen (secondary N) is 1. The van der Waals surface area contributed by atoms with Gasteiger partial charge in [-0.15, -0.1) is 0 Å². The van der Waals surface area contributed by atoms with Crippen molar-refractivity contribution in [3.63, 3.8) is 0 Å². The normalized spacial score (nSPS) is 21.1. The molecule has 2 fully saturated rings. The van der Waals surface area contributed by atoms with Gasteiger partial charge in [-0.2, -0.15) is 0 Å². The monoisotopic (exact) mass is 307 g/mol. The Morgan fingerprint density at radius 1 is 1.19 bits per heavy atom. The number of rotatable bonds is 4. The predicted octanol–water partition coefficient (Wildman–Crippen LogP) is 4.01. The SMILES string of the molecule is CCNCc1nc(N2CCC3(CCCC3)CC2)ccc1Cl. The van der Waals surface area contributed by atoms with Crippen molar-refractivity contribution in [2.24, 2.45) is 5.41 Å². The molecule has 0 unspecified atom stereocenters. The molecule has 1 N–H and O–H groups in total. The minimum atomic E-state index is 0.662. The first-order valence-corrected chi connectivity index (χ1v) is 8.71. The Kier molecular flexibility index (Phi) is 4.70. The second kappa shape index (κ2) is 6.53. The first-order chi connectivity index (χ1) is 10.2. The molecule has 3 nitrogen and oxygen atoms in total. The minimum absolute atomic E-state index is 0.662. The summed E-state index contributed by atoms with van der Waals surface area (Å²) in [7, 11) is 0. The van der Waals surface area contributed by atoms with Gasteiger partial charge in [0.2, 0.25) is 0 Å². The molecule has 4 heteroatoms. The zero-order chi connectivity index (χ0) is 14.7. The Balaban J connectivity index is 1.67. The second-order valence-electron chi connectivity index (χ2n) is 6.57. The maximum absolute atomic E-state index is 6.25. The summed E-state index contributed by atoms with van der Waals surface area (Å²) in [5.41, 5.74) is 1.63. The van der Waals surface area contributed by atoms with E-state index in [-0.39, 0.29) is 0 Å². The van der Waals surface area contributed by atoms with E-state index in [1.54, 1.807) is 0 Å². The molecule has 2 heterocycles. The maximum atomic E-state index is 6.25. The summed E-state index contributed by atoms with van der Waals surface area (Å²) in [6.07, 6.45) is 8.43. The Morgan fingerprint density at radius 2 is 1.90 bits per heavy atom. The standard InChI is InChI=1S/C17H26ClN3/c1-2-19-13-15-14(18)5-6-16(20-15)21-11-9-17(10-12-21)7-3-4-8-17/h5-6,19H,2-4,7-13H2,1H3. The van der Waals surface area contributed by atoms with E-state index in [1.165, 1.54) is 38.5 Å². The van der Waals surface area contributed by atoms with E-state index >= 15 is 0 Å². The van der Waals surface area contributed by atoms with Crippen LogP contribution in [0.2, 0.25) is 5.02 Å². The van der Waals surface area contributed by atoms with Crippen LogP contribution < -0.4 is 10.2 Å². The molecular weight excluding hydrogens is 282 g/mol. The van der Waals surface area contributed by atoms with Gasteiger partial charge in [-0.05, 0) is 49.8 Å². The summed E-state index contributed by atoms with van der Waals surface area (Å²) in [5.74, 6) is 1.10. The van der Waals surface area contributed by atoms with Crippen molar-refractivity contribution >= 4 is 17.4 Å². The molecule has 0 amide bonds. The number of halogens is 1. The third kappa shape index (κ3) is 3.35. The van der Waals surface area contributed by atoms with Crippen LogP contribution in [0.5, 0.6) is 0 Å². The van der Waals surface area contributed by atoms with Crippen LogP contribution in [0.3, 0.4) is 0 Å². The van der Waals surface area contributed by atoms with Gasteiger partial charge in [0.25, 0.3) is 0 Å². The summed E-state index contributed by atoms with van der Waals surface area (Å²) in [4.78, 5) is 7.22. The molecule has 0 bridgehead atoms. The summed E-state index contributed by atoms with van der Waals surface area (Å²) in [5, 5.41) is 4.08. The van der Waals surface area contributed by atoms with Crippen molar-refractivity contribution < 1.29 is 0 Å². The number of aromatic nitrogens is 1. The average molecular weight is 308 g/mol. The number of hydrogen-bond donors (Lipinski definition) is 1. The quantitative estimate of drug-likeness (QED) is 0.911. The summed E-state index contributed by atoms with van der Waals surface area (Å²) in [6, 6.07) is 4.07. The molecule has 1 spiro atoms. The van der Waals surface area contributed by atoms with Gasteiger partial charge < -0.3 is 10.2 Å². The fraction of sp³-hybridized carbons (Fsp3) is 0.706. The van der Waals surface area contributed by atoms with E-state index in [9.17, 15) is 0 Å². The second-order valence-corrected chi connectivity index (χ2v) is 6.98. The van der Waals surface area contributed by atoms with E-state index in [4.69, 9.17) is 16.6 Å². The van der Waals surface area contributed by atoms with Gasteiger partial charge in [0.1, 0.15) is 5.82 Å².